The molecule has 1 aromatic carbocycles. The normalized spacial score (nSPS) is 19.1. The van der Waals surface area contributed by atoms with Gasteiger partial charge < -0.3 is 10.2 Å². The molecule has 0 spiro atoms. The summed E-state index contributed by atoms with van der Waals surface area (Å²) < 4.78 is 0. The number of carbonyl (C=O) groups excluding carboxylic acids is 1. The van der Waals surface area contributed by atoms with Gasteiger partial charge in [-0.2, -0.15) is 0 Å². The van der Waals surface area contributed by atoms with Crippen LogP contribution >= 0.6 is 11.6 Å². The van der Waals surface area contributed by atoms with Crippen molar-refractivity contribution in [3.05, 3.63) is 28.8 Å². The van der Waals surface area contributed by atoms with Crippen molar-refractivity contribution in [1.29, 1.82) is 0 Å². The highest BCUT2D eigenvalue weighted by atomic mass is 35.5. The van der Waals surface area contributed by atoms with E-state index in [0.29, 0.717) is 5.02 Å². The highest BCUT2D eigenvalue weighted by Crippen LogP contribution is 2.36. The van der Waals surface area contributed by atoms with Crippen molar-refractivity contribution in [2.45, 2.75) is 19.4 Å². The lowest BCUT2D eigenvalue weighted by molar-refractivity contribution is -0.119. The van der Waals surface area contributed by atoms with Crippen molar-refractivity contribution in [1.82, 2.24) is 5.32 Å². The van der Waals surface area contributed by atoms with Crippen LogP contribution in [0.1, 0.15) is 24.9 Å². The Labute approximate surface area is 100 Å². The number of fused-ring (bicyclic) bond motifs is 1. The lowest BCUT2D eigenvalue weighted by atomic mass is 10.1. The van der Waals surface area contributed by atoms with Gasteiger partial charge in [0, 0.05) is 17.6 Å². The third-order valence-electron chi connectivity index (χ3n) is 2.84. The van der Waals surface area contributed by atoms with Crippen LogP contribution < -0.4 is 10.2 Å². The highest BCUT2D eigenvalue weighted by Gasteiger charge is 2.34. The minimum atomic E-state index is -0.211. The number of amides is 1. The summed E-state index contributed by atoms with van der Waals surface area (Å²) in [5.74, 6) is 0.0886. The van der Waals surface area contributed by atoms with E-state index in [1.165, 1.54) is 0 Å². The molecule has 0 aromatic heterocycles. The van der Waals surface area contributed by atoms with Gasteiger partial charge in [-0.15, -0.1) is 0 Å². The maximum Gasteiger partial charge on any atom is 0.248 e. The Bertz CT molecular complexity index is 419. The van der Waals surface area contributed by atoms with Gasteiger partial charge in [-0.05, 0) is 25.1 Å². The topological polar surface area (TPSA) is 32.3 Å². The molecule has 4 heteroatoms. The van der Waals surface area contributed by atoms with Crippen molar-refractivity contribution in [2.24, 2.45) is 0 Å². The first-order valence-corrected chi connectivity index (χ1v) is 5.83. The molecule has 1 amide bonds. The third kappa shape index (κ3) is 1.81. The second-order valence-electron chi connectivity index (χ2n) is 3.99. The quantitative estimate of drug-likeness (QED) is 0.877. The van der Waals surface area contributed by atoms with Crippen LogP contribution in [0.5, 0.6) is 0 Å². The fourth-order valence-corrected chi connectivity index (χ4v) is 2.15. The molecule has 0 aliphatic carbocycles. The summed E-state index contributed by atoms with van der Waals surface area (Å²) in [7, 11) is 1.78. The van der Waals surface area contributed by atoms with E-state index >= 15 is 0 Å². The number of halogens is 1. The third-order valence-corrected chi connectivity index (χ3v) is 3.08. The first-order chi connectivity index (χ1) is 7.65. The monoisotopic (exact) mass is 238 g/mol. The van der Waals surface area contributed by atoms with Crippen molar-refractivity contribution in [3.8, 4) is 0 Å². The molecule has 1 N–H and O–H groups in total. The molecule has 3 nitrogen and oxygen atoms in total. The highest BCUT2D eigenvalue weighted by molar-refractivity contribution is 6.31. The van der Waals surface area contributed by atoms with Gasteiger partial charge in [-0.1, -0.05) is 24.6 Å². The lowest BCUT2D eigenvalue weighted by Gasteiger charge is -2.11. The smallest absolute Gasteiger partial charge is 0.248 e. The summed E-state index contributed by atoms with van der Waals surface area (Å²) in [5, 5.41) is 3.91. The van der Waals surface area contributed by atoms with Crippen molar-refractivity contribution in [3.63, 3.8) is 0 Å². The molecule has 0 saturated heterocycles. The average Bonchev–Trinajstić information content (AvgIpc) is 2.50. The van der Waals surface area contributed by atoms with Crippen molar-refractivity contribution < 1.29 is 4.79 Å². The number of carbonyl (C=O) groups is 1. The molecule has 0 radical (unpaired) electrons. The van der Waals surface area contributed by atoms with E-state index < -0.39 is 0 Å². The van der Waals surface area contributed by atoms with Gasteiger partial charge in [0.25, 0.3) is 0 Å². The molecule has 1 heterocycles. The maximum atomic E-state index is 12.0. The summed E-state index contributed by atoms with van der Waals surface area (Å²) in [6.07, 6.45) is 1.01. The van der Waals surface area contributed by atoms with E-state index in [2.05, 4.69) is 12.2 Å². The molecule has 1 aliphatic rings. The Morgan fingerprint density at radius 3 is 2.94 bits per heavy atom. The zero-order chi connectivity index (χ0) is 11.7. The Morgan fingerprint density at radius 1 is 1.50 bits per heavy atom. The van der Waals surface area contributed by atoms with E-state index in [1.807, 2.05) is 18.2 Å². The van der Waals surface area contributed by atoms with Crippen LogP contribution in [-0.4, -0.2) is 19.5 Å². The van der Waals surface area contributed by atoms with Gasteiger partial charge in [0.2, 0.25) is 5.91 Å². The van der Waals surface area contributed by atoms with Crippen LogP contribution in [0, 0.1) is 0 Å². The molecule has 1 unspecified atom stereocenters. The first-order valence-electron chi connectivity index (χ1n) is 5.45. The minimum Gasteiger partial charge on any atom is -0.313 e. The predicted octanol–water partition coefficient (Wildman–Crippen LogP) is 2.36. The number of anilines is 1. The Balaban J connectivity index is 2.34. The van der Waals surface area contributed by atoms with Gasteiger partial charge >= 0.3 is 0 Å². The van der Waals surface area contributed by atoms with E-state index in [0.717, 1.165) is 24.2 Å². The molecular weight excluding hydrogens is 224 g/mol. The van der Waals surface area contributed by atoms with Gasteiger partial charge in [0.15, 0.2) is 0 Å². The predicted molar refractivity (Wildman–Crippen MR) is 65.9 cm³/mol. The molecule has 1 atom stereocenters. The molecular formula is C12H15ClN2O. The fourth-order valence-electron chi connectivity index (χ4n) is 1.98. The van der Waals surface area contributed by atoms with Crippen LogP contribution in [-0.2, 0) is 4.79 Å². The van der Waals surface area contributed by atoms with E-state index in [-0.39, 0.29) is 11.9 Å². The Kier molecular flexibility index (Phi) is 3.17. The van der Waals surface area contributed by atoms with Crippen LogP contribution in [0.2, 0.25) is 5.02 Å². The average molecular weight is 239 g/mol. The van der Waals surface area contributed by atoms with E-state index in [1.54, 1.807) is 11.9 Å². The van der Waals surface area contributed by atoms with Gasteiger partial charge in [0.1, 0.15) is 6.04 Å². The number of hydrogen-bond acceptors (Lipinski definition) is 2. The van der Waals surface area contributed by atoms with Gasteiger partial charge in [-0.3, -0.25) is 4.79 Å². The molecule has 16 heavy (non-hydrogen) atoms. The fraction of sp³-hybridized carbons (Fsp3) is 0.417. The second-order valence-corrected chi connectivity index (χ2v) is 4.42. The summed E-state index contributed by atoms with van der Waals surface area (Å²) in [6.45, 7) is 2.92. The number of nitrogens with one attached hydrogen (secondary N) is 1. The molecule has 0 saturated carbocycles. The van der Waals surface area contributed by atoms with Crippen LogP contribution in [0.25, 0.3) is 0 Å². The van der Waals surface area contributed by atoms with E-state index in [4.69, 9.17) is 11.6 Å². The summed E-state index contributed by atoms with van der Waals surface area (Å²) in [4.78, 5) is 13.7. The first kappa shape index (κ1) is 11.4. The lowest BCUT2D eigenvalue weighted by Crippen LogP contribution is -2.32. The van der Waals surface area contributed by atoms with Crippen molar-refractivity contribution >= 4 is 23.2 Å². The van der Waals surface area contributed by atoms with Crippen molar-refractivity contribution in [2.75, 3.05) is 18.5 Å². The van der Waals surface area contributed by atoms with Gasteiger partial charge in [-0.25, -0.2) is 0 Å². The van der Waals surface area contributed by atoms with Crippen LogP contribution in [0.4, 0.5) is 5.69 Å². The molecule has 2 rings (SSSR count). The summed E-state index contributed by atoms with van der Waals surface area (Å²) in [6, 6.07) is 5.37. The minimum absolute atomic E-state index is 0.0886. The number of hydrogen-bond donors (Lipinski definition) is 1. The zero-order valence-electron chi connectivity index (χ0n) is 9.46. The maximum absolute atomic E-state index is 12.0. The van der Waals surface area contributed by atoms with E-state index in [9.17, 15) is 4.79 Å². The number of likely N-dealkylation sites (N-methyl/N-ethyl adjacent to an activating group) is 1. The SMILES string of the molecule is CCCNC1C(=O)N(C)c2cc(Cl)ccc21. The largest absolute Gasteiger partial charge is 0.313 e. The number of rotatable bonds is 3. The molecule has 86 valence electrons. The zero-order valence-corrected chi connectivity index (χ0v) is 10.2. The summed E-state index contributed by atoms with van der Waals surface area (Å²) in [5.41, 5.74) is 1.93. The number of benzene rings is 1. The van der Waals surface area contributed by atoms with Gasteiger partial charge in [0.05, 0.1) is 5.69 Å². The Morgan fingerprint density at radius 2 is 2.25 bits per heavy atom. The molecule has 1 aromatic rings. The molecule has 0 fully saturated rings. The Hall–Kier alpha value is -1.06. The second kappa shape index (κ2) is 4.44. The number of nitrogens with zero attached hydrogens (tertiary/aromatic N) is 1. The summed E-state index contributed by atoms with van der Waals surface area (Å²) >= 11 is 5.93. The molecule has 0 bridgehead atoms. The molecule has 1 aliphatic heterocycles. The van der Waals surface area contributed by atoms with Crippen LogP contribution in [0.15, 0.2) is 18.2 Å². The standard InChI is InChI=1S/C12H15ClN2O/c1-3-6-14-11-9-5-4-8(13)7-10(9)15(2)12(11)16/h4-5,7,11,14H,3,6H2,1-2H3. The van der Waals surface area contributed by atoms with Crippen LogP contribution in [0.3, 0.4) is 0 Å².